The molecule has 0 bridgehead atoms. The van der Waals surface area contributed by atoms with E-state index in [0.29, 0.717) is 12.2 Å². The molecule has 2 aromatic carbocycles. The lowest BCUT2D eigenvalue weighted by molar-refractivity contribution is 0.0698. The quantitative estimate of drug-likeness (QED) is 0.749. The van der Waals surface area contributed by atoms with E-state index in [1.807, 2.05) is 31.2 Å². The van der Waals surface area contributed by atoms with Gasteiger partial charge >= 0.3 is 5.97 Å². The molecule has 0 spiro atoms. The summed E-state index contributed by atoms with van der Waals surface area (Å²) in [6, 6.07) is 10.3. The normalized spacial score (nSPS) is 10.3. The lowest BCUT2D eigenvalue weighted by atomic mass is 10.1. The Labute approximate surface area is 116 Å². The second-order valence-corrected chi connectivity index (χ2v) is 4.53. The number of nitrogens with two attached hydrogens (primary N) is 1. The summed E-state index contributed by atoms with van der Waals surface area (Å²) >= 11 is 0. The standard InChI is InChI=1S/C15H15FN2O2/c1-9-2-4-10(5-3-9)8-18-12-7-6-11(16)14(17)13(12)15(19)20/h2-7,18H,8,17H2,1H3,(H,19,20). The molecule has 2 aromatic rings. The molecule has 0 unspecified atom stereocenters. The van der Waals surface area contributed by atoms with Gasteiger partial charge in [0.1, 0.15) is 11.4 Å². The molecule has 20 heavy (non-hydrogen) atoms. The van der Waals surface area contributed by atoms with Crippen LogP contribution in [0.4, 0.5) is 15.8 Å². The van der Waals surface area contributed by atoms with Gasteiger partial charge in [-0.25, -0.2) is 9.18 Å². The third-order valence-electron chi connectivity index (χ3n) is 3.01. The van der Waals surface area contributed by atoms with Crippen LogP contribution in [0.1, 0.15) is 21.5 Å². The van der Waals surface area contributed by atoms with Crippen molar-refractivity contribution in [2.75, 3.05) is 11.1 Å². The number of carbonyl (C=O) groups is 1. The van der Waals surface area contributed by atoms with Crippen LogP contribution < -0.4 is 11.1 Å². The van der Waals surface area contributed by atoms with Crippen LogP contribution in [0.3, 0.4) is 0 Å². The number of carboxylic acid groups (broad SMARTS) is 1. The molecule has 0 aliphatic heterocycles. The molecular weight excluding hydrogens is 259 g/mol. The van der Waals surface area contributed by atoms with Gasteiger partial charge in [0, 0.05) is 6.54 Å². The molecule has 0 saturated carbocycles. The molecule has 2 rings (SSSR count). The first-order valence-corrected chi connectivity index (χ1v) is 6.09. The Kier molecular flexibility index (Phi) is 3.89. The molecule has 0 atom stereocenters. The Morgan fingerprint density at radius 1 is 1.25 bits per heavy atom. The van der Waals surface area contributed by atoms with Crippen molar-refractivity contribution in [3.8, 4) is 0 Å². The number of benzene rings is 2. The van der Waals surface area contributed by atoms with Crippen molar-refractivity contribution in [2.45, 2.75) is 13.5 Å². The van der Waals surface area contributed by atoms with Crippen LogP contribution in [0.25, 0.3) is 0 Å². The second kappa shape index (κ2) is 5.61. The predicted molar refractivity (Wildman–Crippen MR) is 76.3 cm³/mol. The summed E-state index contributed by atoms with van der Waals surface area (Å²) < 4.78 is 13.3. The van der Waals surface area contributed by atoms with Gasteiger partial charge < -0.3 is 16.2 Å². The maximum absolute atomic E-state index is 13.3. The Balaban J connectivity index is 2.23. The van der Waals surface area contributed by atoms with Crippen LogP contribution in [-0.4, -0.2) is 11.1 Å². The highest BCUT2D eigenvalue weighted by Crippen LogP contribution is 2.25. The topological polar surface area (TPSA) is 75.3 Å². The van der Waals surface area contributed by atoms with Crippen molar-refractivity contribution in [2.24, 2.45) is 0 Å². The number of nitrogen functional groups attached to an aromatic ring is 1. The molecule has 5 heteroatoms. The lowest BCUT2D eigenvalue weighted by Gasteiger charge is -2.12. The monoisotopic (exact) mass is 274 g/mol. The first kappa shape index (κ1) is 13.9. The molecule has 0 aliphatic rings. The number of anilines is 2. The highest BCUT2D eigenvalue weighted by atomic mass is 19.1. The zero-order chi connectivity index (χ0) is 14.7. The van der Waals surface area contributed by atoms with Gasteiger partial charge in [0.25, 0.3) is 0 Å². The number of nitrogens with one attached hydrogen (secondary N) is 1. The highest BCUT2D eigenvalue weighted by Gasteiger charge is 2.17. The van der Waals surface area contributed by atoms with Crippen molar-refractivity contribution >= 4 is 17.3 Å². The average molecular weight is 274 g/mol. The highest BCUT2D eigenvalue weighted by molar-refractivity contribution is 6.00. The third kappa shape index (κ3) is 2.88. The van der Waals surface area contributed by atoms with Gasteiger partial charge in [0.2, 0.25) is 0 Å². The van der Waals surface area contributed by atoms with Crippen molar-refractivity contribution < 1.29 is 14.3 Å². The molecule has 0 aromatic heterocycles. The van der Waals surface area contributed by atoms with Gasteiger partial charge in [0.05, 0.1) is 11.4 Å². The first-order valence-electron chi connectivity index (χ1n) is 6.09. The fourth-order valence-corrected chi connectivity index (χ4v) is 1.88. The summed E-state index contributed by atoms with van der Waals surface area (Å²) in [7, 11) is 0. The Bertz CT molecular complexity index is 639. The van der Waals surface area contributed by atoms with E-state index in [0.717, 1.165) is 17.2 Å². The lowest BCUT2D eigenvalue weighted by Crippen LogP contribution is -2.10. The van der Waals surface area contributed by atoms with E-state index in [9.17, 15) is 9.18 Å². The number of aryl methyl sites for hydroxylation is 1. The van der Waals surface area contributed by atoms with E-state index in [-0.39, 0.29) is 11.3 Å². The minimum atomic E-state index is -1.26. The summed E-state index contributed by atoms with van der Waals surface area (Å²) in [6.07, 6.45) is 0. The maximum atomic E-state index is 13.3. The Hall–Kier alpha value is -2.56. The summed E-state index contributed by atoms with van der Waals surface area (Å²) in [5.74, 6) is -1.99. The minimum Gasteiger partial charge on any atom is -0.478 e. The van der Waals surface area contributed by atoms with Crippen molar-refractivity contribution in [1.29, 1.82) is 0 Å². The van der Waals surface area contributed by atoms with E-state index >= 15 is 0 Å². The van der Waals surface area contributed by atoms with E-state index in [1.165, 1.54) is 6.07 Å². The van der Waals surface area contributed by atoms with Crippen LogP contribution in [0, 0.1) is 12.7 Å². The Morgan fingerprint density at radius 3 is 2.50 bits per heavy atom. The molecule has 0 fully saturated rings. The molecule has 0 amide bonds. The molecule has 0 radical (unpaired) electrons. The molecule has 4 nitrogen and oxygen atoms in total. The molecule has 104 valence electrons. The molecule has 0 saturated heterocycles. The maximum Gasteiger partial charge on any atom is 0.340 e. The van der Waals surface area contributed by atoms with Crippen LogP contribution >= 0.6 is 0 Å². The van der Waals surface area contributed by atoms with Crippen molar-refractivity contribution in [3.63, 3.8) is 0 Å². The Morgan fingerprint density at radius 2 is 1.90 bits per heavy atom. The first-order chi connectivity index (χ1) is 9.49. The second-order valence-electron chi connectivity index (χ2n) is 4.53. The van der Waals surface area contributed by atoms with Gasteiger partial charge in [-0.05, 0) is 24.6 Å². The number of hydrogen-bond acceptors (Lipinski definition) is 3. The largest absolute Gasteiger partial charge is 0.478 e. The van der Waals surface area contributed by atoms with Gasteiger partial charge in [-0.2, -0.15) is 0 Å². The molecule has 0 heterocycles. The third-order valence-corrected chi connectivity index (χ3v) is 3.01. The fraction of sp³-hybridized carbons (Fsp3) is 0.133. The van der Waals surface area contributed by atoms with E-state index in [2.05, 4.69) is 5.32 Å². The number of hydrogen-bond donors (Lipinski definition) is 3. The van der Waals surface area contributed by atoms with Crippen molar-refractivity contribution in [1.82, 2.24) is 0 Å². The van der Waals surface area contributed by atoms with Crippen LogP contribution in [0.2, 0.25) is 0 Å². The minimum absolute atomic E-state index is 0.239. The average Bonchev–Trinajstić information content (AvgIpc) is 2.41. The van der Waals surface area contributed by atoms with Crippen LogP contribution in [0.15, 0.2) is 36.4 Å². The van der Waals surface area contributed by atoms with Gasteiger partial charge in [0.15, 0.2) is 0 Å². The van der Waals surface area contributed by atoms with Gasteiger partial charge in [-0.15, -0.1) is 0 Å². The fourth-order valence-electron chi connectivity index (χ4n) is 1.88. The molecule has 4 N–H and O–H groups in total. The summed E-state index contributed by atoms with van der Waals surface area (Å²) in [5.41, 5.74) is 7.33. The summed E-state index contributed by atoms with van der Waals surface area (Å²) in [5, 5.41) is 12.1. The smallest absolute Gasteiger partial charge is 0.340 e. The summed E-state index contributed by atoms with van der Waals surface area (Å²) in [6.45, 7) is 2.42. The molecule has 0 aliphatic carbocycles. The number of aromatic carboxylic acids is 1. The summed E-state index contributed by atoms with van der Waals surface area (Å²) in [4.78, 5) is 11.2. The number of rotatable bonds is 4. The SMILES string of the molecule is Cc1ccc(CNc2ccc(F)c(N)c2C(=O)O)cc1. The van der Waals surface area contributed by atoms with Crippen molar-refractivity contribution in [3.05, 3.63) is 58.9 Å². The van der Waals surface area contributed by atoms with E-state index in [4.69, 9.17) is 10.8 Å². The molecular formula is C15H15FN2O2. The number of halogens is 1. The predicted octanol–water partition coefficient (Wildman–Crippen LogP) is 3.03. The van der Waals surface area contributed by atoms with Gasteiger partial charge in [-0.1, -0.05) is 29.8 Å². The zero-order valence-electron chi connectivity index (χ0n) is 11.0. The number of carboxylic acids is 1. The van der Waals surface area contributed by atoms with Gasteiger partial charge in [-0.3, -0.25) is 0 Å². The van der Waals surface area contributed by atoms with Crippen LogP contribution in [-0.2, 0) is 6.54 Å². The van der Waals surface area contributed by atoms with E-state index < -0.39 is 11.8 Å². The van der Waals surface area contributed by atoms with E-state index in [1.54, 1.807) is 0 Å². The zero-order valence-corrected chi connectivity index (χ0v) is 11.0. The van der Waals surface area contributed by atoms with Crippen LogP contribution in [0.5, 0.6) is 0 Å².